The fourth-order valence-corrected chi connectivity index (χ4v) is 3.17. The van der Waals surface area contributed by atoms with Gasteiger partial charge < -0.3 is 10.1 Å². The largest absolute Gasteiger partial charge is 0.481 e. The molecule has 1 saturated heterocycles. The van der Waals surface area contributed by atoms with Gasteiger partial charge in [0.05, 0.1) is 4.90 Å². The quantitative estimate of drug-likeness (QED) is 0.788. The van der Waals surface area contributed by atoms with E-state index in [4.69, 9.17) is 4.74 Å². The van der Waals surface area contributed by atoms with Crippen molar-refractivity contribution in [3.63, 3.8) is 0 Å². The van der Waals surface area contributed by atoms with Crippen LogP contribution in [0.15, 0.2) is 23.1 Å². The number of rotatable bonds is 1. The van der Waals surface area contributed by atoms with Crippen LogP contribution in [0.4, 0.5) is 0 Å². The zero-order valence-corrected chi connectivity index (χ0v) is 9.69. The summed E-state index contributed by atoms with van der Waals surface area (Å²) >= 11 is 1.79. The number of nitrogens with one attached hydrogen (secondary N) is 1. The highest BCUT2D eigenvalue weighted by Crippen LogP contribution is 2.40. The van der Waals surface area contributed by atoms with E-state index in [0.29, 0.717) is 0 Å². The number of thioether (sulfide) groups is 1. The van der Waals surface area contributed by atoms with Gasteiger partial charge in [0.15, 0.2) is 0 Å². The zero-order chi connectivity index (χ0) is 10.3. The first-order valence-electron chi connectivity index (χ1n) is 5.43. The maximum Gasteiger partial charge on any atom is 0.138 e. The van der Waals surface area contributed by atoms with Crippen LogP contribution in [0.1, 0.15) is 25.3 Å². The van der Waals surface area contributed by atoms with Crippen molar-refractivity contribution in [3.05, 3.63) is 23.8 Å². The van der Waals surface area contributed by atoms with Crippen molar-refractivity contribution in [2.75, 3.05) is 12.5 Å². The predicted octanol–water partition coefficient (Wildman–Crippen LogP) is 2.73. The van der Waals surface area contributed by atoms with E-state index in [-0.39, 0.29) is 5.54 Å². The molecule has 1 fully saturated rings. The van der Waals surface area contributed by atoms with E-state index >= 15 is 0 Å². The van der Waals surface area contributed by atoms with Crippen LogP contribution in [0.25, 0.3) is 0 Å². The van der Waals surface area contributed by atoms with Crippen molar-refractivity contribution in [3.8, 4) is 5.75 Å². The second-order valence-corrected chi connectivity index (χ2v) is 5.39. The van der Waals surface area contributed by atoms with Crippen LogP contribution in [0.5, 0.6) is 5.75 Å². The second-order valence-electron chi connectivity index (χ2n) is 4.43. The number of hydrogen-bond acceptors (Lipinski definition) is 3. The van der Waals surface area contributed by atoms with Crippen LogP contribution in [0, 0.1) is 0 Å². The molecule has 1 N–H and O–H groups in total. The van der Waals surface area contributed by atoms with E-state index < -0.39 is 0 Å². The van der Waals surface area contributed by atoms with Gasteiger partial charge in [-0.25, -0.2) is 0 Å². The molecular weight excluding hydrogens is 206 g/mol. The monoisotopic (exact) mass is 221 g/mol. The van der Waals surface area contributed by atoms with E-state index in [0.717, 1.165) is 18.2 Å². The highest BCUT2D eigenvalue weighted by molar-refractivity contribution is 7.99. The van der Waals surface area contributed by atoms with E-state index in [9.17, 15) is 0 Å². The Morgan fingerprint density at radius 3 is 3.20 bits per heavy atom. The van der Waals surface area contributed by atoms with E-state index in [1.807, 2.05) is 0 Å². The minimum Gasteiger partial charge on any atom is -0.481 e. The fraction of sp³-hybridized carbons (Fsp3) is 0.500. The topological polar surface area (TPSA) is 21.3 Å². The summed E-state index contributed by atoms with van der Waals surface area (Å²) in [5.41, 5.74) is 1.58. The van der Waals surface area contributed by atoms with Gasteiger partial charge in [0.25, 0.3) is 0 Å². The number of hydrogen-bond donors (Lipinski definition) is 1. The van der Waals surface area contributed by atoms with Gasteiger partial charge in [-0.05, 0) is 44.0 Å². The Bertz CT molecular complexity index is 385. The zero-order valence-electron chi connectivity index (χ0n) is 8.88. The third-order valence-corrected chi connectivity index (χ3v) is 4.24. The van der Waals surface area contributed by atoms with Crippen LogP contribution in [0.3, 0.4) is 0 Å². The molecule has 1 atom stereocenters. The summed E-state index contributed by atoms with van der Waals surface area (Å²) in [6, 6.07) is 6.59. The Balaban J connectivity index is 1.98. The Kier molecular flexibility index (Phi) is 2.18. The molecule has 2 heterocycles. The summed E-state index contributed by atoms with van der Waals surface area (Å²) in [5, 5.41) is 3.59. The van der Waals surface area contributed by atoms with Gasteiger partial charge in [0, 0.05) is 5.54 Å². The molecule has 80 valence electrons. The van der Waals surface area contributed by atoms with E-state index in [1.165, 1.54) is 23.3 Å². The van der Waals surface area contributed by atoms with Crippen molar-refractivity contribution in [1.29, 1.82) is 0 Å². The van der Waals surface area contributed by atoms with Gasteiger partial charge in [-0.2, -0.15) is 0 Å². The Hall–Kier alpha value is -0.670. The average Bonchev–Trinajstić information content (AvgIpc) is 2.85. The fourth-order valence-electron chi connectivity index (χ4n) is 2.38. The molecule has 2 aliphatic heterocycles. The first-order chi connectivity index (χ1) is 7.28. The van der Waals surface area contributed by atoms with Crippen LogP contribution in [-0.4, -0.2) is 12.5 Å². The Morgan fingerprint density at radius 1 is 1.47 bits per heavy atom. The Labute approximate surface area is 94.4 Å². The van der Waals surface area contributed by atoms with E-state index in [2.05, 4.69) is 30.4 Å². The molecule has 0 aliphatic carbocycles. The molecule has 0 aromatic heterocycles. The molecule has 0 amide bonds. The van der Waals surface area contributed by atoms with Crippen LogP contribution in [-0.2, 0) is 5.54 Å². The van der Waals surface area contributed by atoms with Crippen molar-refractivity contribution in [2.45, 2.75) is 30.2 Å². The standard InChI is InChI=1S/C12H15NOS/c1-12(5-2-6-13-12)9-3-4-10-11(7-9)15-8-14-10/h3-4,7,13H,2,5-6,8H2,1H3. The summed E-state index contributed by atoms with van der Waals surface area (Å²) in [6.07, 6.45) is 2.51. The molecule has 1 aromatic rings. The van der Waals surface area contributed by atoms with Crippen molar-refractivity contribution in [2.24, 2.45) is 0 Å². The van der Waals surface area contributed by atoms with Gasteiger partial charge in [-0.3, -0.25) is 0 Å². The summed E-state index contributed by atoms with van der Waals surface area (Å²) < 4.78 is 5.49. The Morgan fingerprint density at radius 2 is 2.40 bits per heavy atom. The molecule has 0 saturated carbocycles. The summed E-state index contributed by atoms with van der Waals surface area (Å²) in [6.45, 7) is 3.43. The third-order valence-electron chi connectivity index (χ3n) is 3.38. The number of benzene rings is 1. The molecule has 2 nitrogen and oxygen atoms in total. The molecule has 15 heavy (non-hydrogen) atoms. The lowest BCUT2D eigenvalue weighted by Gasteiger charge is -2.25. The summed E-state index contributed by atoms with van der Waals surface area (Å²) in [7, 11) is 0. The SMILES string of the molecule is CC1(c2ccc3c(c2)SCO3)CCCN1. The minimum atomic E-state index is 0.179. The lowest BCUT2D eigenvalue weighted by molar-refractivity contribution is 0.395. The molecule has 2 aliphatic rings. The lowest BCUT2D eigenvalue weighted by atomic mass is 9.90. The van der Waals surface area contributed by atoms with Crippen molar-refractivity contribution in [1.82, 2.24) is 5.32 Å². The van der Waals surface area contributed by atoms with Gasteiger partial charge >= 0.3 is 0 Å². The molecule has 0 radical (unpaired) electrons. The highest BCUT2D eigenvalue weighted by Gasteiger charge is 2.30. The molecule has 1 unspecified atom stereocenters. The van der Waals surface area contributed by atoms with Crippen molar-refractivity contribution >= 4 is 11.8 Å². The van der Waals surface area contributed by atoms with Crippen molar-refractivity contribution < 1.29 is 4.74 Å². The molecule has 0 spiro atoms. The maximum absolute atomic E-state index is 5.49. The smallest absolute Gasteiger partial charge is 0.138 e. The third kappa shape index (κ3) is 1.54. The number of fused-ring (bicyclic) bond motifs is 1. The van der Waals surface area contributed by atoms with Gasteiger partial charge in [-0.15, -0.1) is 0 Å². The van der Waals surface area contributed by atoms with Gasteiger partial charge in [0.2, 0.25) is 0 Å². The molecule has 1 aromatic carbocycles. The first kappa shape index (κ1) is 9.55. The lowest BCUT2D eigenvalue weighted by Crippen LogP contribution is -2.32. The highest BCUT2D eigenvalue weighted by atomic mass is 32.2. The maximum atomic E-state index is 5.49. The predicted molar refractivity (Wildman–Crippen MR) is 62.4 cm³/mol. The van der Waals surface area contributed by atoms with E-state index in [1.54, 1.807) is 11.8 Å². The second kappa shape index (κ2) is 3.42. The molecule has 3 rings (SSSR count). The van der Waals surface area contributed by atoms with Crippen LogP contribution >= 0.6 is 11.8 Å². The first-order valence-corrected chi connectivity index (χ1v) is 6.42. The average molecular weight is 221 g/mol. The van der Waals surface area contributed by atoms with Crippen LogP contribution in [0.2, 0.25) is 0 Å². The summed E-state index contributed by atoms with van der Waals surface area (Å²) in [5.74, 6) is 1.81. The van der Waals surface area contributed by atoms with Gasteiger partial charge in [-0.1, -0.05) is 17.8 Å². The molecular formula is C12H15NOS. The number of ether oxygens (including phenoxy) is 1. The van der Waals surface area contributed by atoms with Crippen LogP contribution < -0.4 is 10.1 Å². The minimum absolute atomic E-state index is 0.179. The van der Waals surface area contributed by atoms with Gasteiger partial charge in [0.1, 0.15) is 11.7 Å². The molecule has 0 bridgehead atoms. The molecule has 3 heteroatoms. The summed E-state index contributed by atoms with van der Waals surface area (Å²) in [4.78, 5) is 1.29. The normalized spacial score (nSPS) is 28.9.